The molecule has 20 heavy (non-hydrogen) atoms. The topological polar surface area (TPSA) is 67.0 Å². The summed E-state index contributed by atoms with van der Waals surface area (Å²) in [5.74, 6) is 0.273. The normalized spacial score (nSPS) is 10.2. The summed E-state index contributed by atoms with van der Waals surface area (Å²) < 4.78 is 18.1. The average Bonchev–Trinajstić information content (AvgIpc) is 2.96. The standard InChI is InChI=1S/C14H16FN3O2/c15-12-3-5-13(6-4-12)20-7-1-2-14(19)16-8-11-9-17-18-10-11/h3-6,9-10H,1-2,7-8H2,(H,16,19)(H,17,18). The molecule has 0 radical (unpaired) electrons. The summed E-state index contributed by atoms with van der Waals surface area (Å²) in [6, 6.07) is 5.81. The van der Waals surface area contributed by atoms with Crippen LogP contribution in [0.2, 0.25) is 0 Å². The molecule has 0 unspecified atom stereocenters. The maximum atomic E-state index is 12.7. The van der Waals surface area contributed by atoms with Crippen molar-refractivity contribution in [3.63, 3.8) is 0 Å². The van der Waals surface area contributed by atoms with Crippen LogP contribution < -0.4 is 10.1 Å². The number of amides is 1. The van der Waals surface area contributed by atoms with Crippen LogP contribution in [0.1, 0.15) is 18.4 Å². The van der Waals surface area contributed by atoms with Gasteiger partial charge in [-0.05, 0) is 30.7 Å². The van der Waals surface area contributed by atoms with Crippen molar-refractivity contribution in [1.82, 2.24) is 15.5 Å². The highest BCUT2D eigenvalue weighted by Crippen LogP contribution is 2.11. The fourth-order valence-corrected chi connectivity index (χ4v) is 1.62. The first-order chi connectivity index (χ1) is 9.74. The van der Waals surface area contributed by atoms with E-state index >= 15 is 0 Å². The van der Waals surface area contributed by atoms with E-state index in [9.17, 15) is 9.18 Å². The molecule has 0 bridgehead atoms. The van der Waals surface area contributed by atoms with Gasteiger partial charge in [0.25, 0.3) is 0 Å². The average molecular weight is 277 g/mol. The van der Waals surface area contributed by atoms with E-state index in [1.165, 1.54) is 12.1 Å². The van der Waals surface area contributed by atoms with Crippen LogP contribution in [0.15, 0.2) is 36.7 Å². The van der Waals surface area contributed by atoms with Crippen LogP contribution in [-0.2, 0) is 11.3 Å². The van der Waals surface area contributed by atoms with Gasteiger partial charge in [0.15, 0.2) is 0 Å². The van der Waals surface area contributed by atoms with Crippen molar-refractivity contribution < 1.29 is 13.9 Å². The maximum Gasteiger partial charge on any atom is 0.220 e. The van der Waals surface area contributed by atoms with Gasteiger partial charge in [-0.3, -0.25) is 9.89 Å². The Morgan fingerprint density at radius 1 is 1.35 bits per heavy atom. The summed E-state index contributed by atoms with van der Waals surface area (Å²) in [5.41, 5.74) is 0.931. The minimum Gasteiger partial charge on any atom is -0.494 e. The van der Waals surface area contributed by atoms with Crippen molar-refractivity contribution in [1.29, 1.82) is 0 Å². The molecule has 2 aromatic rings. The lowest BCUT2D eigenvalue weighted by Crippen LogP contribution is -2.22. The highest BCUT2D eigenvalue weighted by Gasteiger charge is 2.02. The lowest BCUT2D eigenvalue weighted by Gasteiger charge is -2.06. The van der Waals surface area contributed by atoms with E-state index in [0.717, 1.165) is 5.56 Å². The SMILES string of the molecule is O=C(CCCOc1ccc(F)cc1)NCc1cn[nH]c1. The van der Waals surface area contributed by atoms with Crippen LogP contribution in [0, 0.1) is 5.82 Å². The molecule has 5 nitrogen and oxygen atoms in total. The molecule has 106 valence electrons. The number of rotatable bonds is 7. The Kier molecular flexibility index (Phi) is 5.11. The Morgan fingerprint density at radius 3 is 2.85 bits per heavy atom. The van der Waals surface area contributed by atoms with Gasteiger partial charge < -0.3 is 10.1 Å². The molecule has 0 atom stereocenters. The monoisotopic (exact) mass is 277 g/mol. The van der Waals surface area contributed by atoms with Crippen molar-refractivity contribution in [2.75, 3.05) is 6.61 Å². The fourth-order valence-electron chi connectivity index (χ4n) is 1.62. The molecular formula is C14H16FN3O2. The van der Waals surface area contributed by atoms with E-state index in [4.69, 9.17) is 4.74 Å². The van der Waals surface area contributed by atoms with Gasteiger partial charge in [-0.15, -0.1) is 0 Å². The number of nitrogens with zero attached hydrogens (tertiary/aromatic N) is 1. The lowest BCUT2D eigenvalue weighted by molar-refractivity contribution is -0.121. The second kappa shape index (κ2) is 7.28. The zero-order valence-electron chi connectivity index (χ0n) is 10.9. The Hall–Kier alpha value is -2.37. The zero-order chi connectivity index (χ0) is 14.2. The third-order valence-corrected chi connectivity index (χ3v) is 2.68. The number of H-pyrrole nitrogens is 1. The summed E-state index contributed by atoms with van der Waals surface area (Å²) in [7, 11) is 0. The molecule has 1 heterocycles. The molecule has 1 aromatic carbocycles. The smallest absolute Gasteiger partial charge is 0.220 e. The molecule has 0 saturated heterocycles. The number of carbonyl (C=O) groups is 1. The van der Waals surface area contributed by atoms with Gasteiger partial charge in [-0.1, -0.05) is 0 Å². The van der Waals surface area contributed by atoms with Crippen molar-refractivity contribution in [2.45, 2.75) is 19.4 Å². The number of nitrogens with one attached hydrogen (secondary N) is 2. The number of carbonyl (C=O) groups excluding carboxylic acids is 1. The van der Waals surface area contributed by atoms with Crippen LogP contribution in [-0.4, -0.2) is 22.7 Å². The zero-order valence-corrected chi connectivity index (χ0v) is 10.9. The molecular weight excluding hydrogens is 261 g/mol. The molecule has 0 aliphatic rings. The molecule has 0 spiro atoms. The summed E-state index contributed by atoms with van der Waals surface area (Å²) in [6.45, 7) is 0.888. The molecule has 0 aliphatic heterocycles. The number of aromatic nitrogens is 2. The Balaban J connectivity index is 1.58. The Labute approximate surface area is 116 Å². The Bertz CT molecular complexity index is 526. The van der Waals surface area contributed by atoms with Crippen LogP contribution in [0.3, 0.4) is 0 Å². The summed E-state index contributed by atoms with van der Waals surface area (Å²) in [5, 5.41) is 9.26. The van der Waals surface area contributed by atoms with Crippen LogP contribution in [0.4, 0.5) is 4.39 Å². The highest BCUT2D eigenvalue weighted by atomic mass is 19.1. The second-order valence-corrected chi connectivity index (χ2v) is 4.29. The van der Waals surface area contributed by atoms with Crippen LogP contribution in [0.5, 0.6) is 5.75 Å². The highest BCUT2D eigenvalue weighted by molar-refractivity contribution is 5.75. The predicted octanol–water partition coefficient (Wildman–Crippen LogP) is 2.02. The fraction of sp³-hybridized carbons (Fsp3) is 0.286. The number of ether oxygens (including phenoxy) is 1. The number of hydrogen-bond donors (Lipinski definition) is 2. The largest absolute Gasteiger partial charge is 0.494 e. The van der Waals surface area contributed by atoms with Crippen molar-refractivity contribution >= 4 is 5.91 Å². The molecule has 0 aliphatic carbocycles. The first kappa shape index (κ1) is 14.0. The molecule has 0 fully saturated rings. The van der Waals surface area contributed by atoms with Gasteiger partial charge in [0.05, 0.1) is 12.8 Å². The van der Waals surface area contributed by atoms with E-state index in [-0.39, 0.29) is 11.7 Å². The second-order valence-electron chi connectivity index (χ2n) is 4.29. The Morgan fingerprint density at radius 2 is 2.15 bits per heavy atom. The van der Waals surface area contributed by atoms with E-state index in [1.54, 1.807) is 24.5 Å². The molecule has 1 aromatic heterocycles. The first-order valence-electron chi connectivity index (χ1n) is 6.37. The maximum absolute atomic E-state index is 12.7. The first-order valence-corrected chi connectivity index (χ1v) is 6.37. The van der Waals surface area contributed by atoms with Crippen LogP contribution in [0.25, 0.3) is 0 Å². The number of hydrogen-bond acceptors (Lipinski definition) is 3. The van der Waals surface area contributed by atoms with Gasteiger partial charge in [0, 0.05) is 24.7 Å². The third-order valence-electron chi connectivity index (χ3n) is 2.68. The van der Waals surface area contributed by atoms with Crippen molar-refractivity contribution in [3.05, 3.63) is 48.0 Å². The molecule has 0 saturated carbocycles. The third kappa shape index (κ3) is 4.72. The number of aromatic amines is 1. The van der Waals surface area contributed by atoms with E-state index in [2.05, 4.69) is 15.5 Å². The van der Waals surface area contributed by atoms with E-state index < -0.39 is 0 Å². The van der Waals surface area contributed by atoms with Gasteiger partial charge in [-0.2, -0.15) is 5.10 Å². The van der Waals surface area contributed by atoms with Gasteiger partial charge in [-0.25, -0.2) is 4.39 Å². The van der Waals surface area contributed by atoms with Crippen LogP contribution >= 0.6 is 0 Å². The van der Waals surface area contributed by atoms with Crippen molar-refractivity contribution in [2.24, 2.45) is 0 Å². The lowest BCUT2D eigenvalue weighted by atomic mass is 10.3. The van der Waals surface area contributed by atoms with Gasteiger partial charge in [0.2, 0.25) is 5.91 Å². The predicted molar refractivity (Wildman–Crippen MR) is 71.6 cm³/mol. The van der Waals surface area contributed by atoms with Crippen molar-refractivity contribution in [3.8, 4) is 5.75 Å². The molecule has 2 rings (SSSR count). The minimum absolute atomic E-state index is 0.0334. The number of benzene rings is 1. The summed E-state index contributed by atoms with van der Waals surface area (Å²) in [6.07, 6.45) is 4.39. The van der Waals surface area contributed by atoms with E-state index in [1.807, 2.05) is 0 Å². The quantitative estimate of drug-likeness (QED) is 0.761. The minimum atomic E-state index is -0.295. The van der Waals surface area contributed by atoms with E-state index in [0.29, 0.717) is 31.7 Å². The summed E-state index contributed by atoms with van der Waals surface area (Å²) in [4.78, 5) is 11.5. The molecule has 2 N–H and O–H groups in total. The number of halogens is 1. The molecule has 6 heteroatoms. The summed E-state index contributed by atoms with van der Waals surface area (Å²) >= 11 is 0. The van der Waals surface area contributed by atoms with Gasteiger partial charge in [0.1, 0.15) is 11.6 Å². The molecule has 1 amide bonds. The van der Waals surface area contributed by atoms with Gasteiger partial charge >= 0.3 is 0 Å².